The number of hydrogen-bond acceptors (Lipinski definition) is 6. The third kappa shape index (κ3) is 4.29. The minimum Gasteiger partial charge on any atom is -0.340 e. The van der Waals surface area contributed by atoms with Gasteiger partial charge in [0.1, 0.15) is 10.9 Å². The molecule has 0 bridgehead atoms. The monoisotopic (exact) mass is 298 g/mol. The van der Waals surface area contributed by atoms with E-state index in [1.807, 2.05) is 0 Å². The fourth-order valence-electron chi connectivity index (χ4n) is 1.65. The Morgan fingerprint density at radius 2 is 2.00 bits per heavy atom. The summed E-state index contributed by atoms with van der Waals surface area (Å²) in [4.78, 5) is 11.6. The molecule has 1 saturated carbocycles. The fourth-order valence-corrected chi connectivity index (χ4v) is 2.58. The van der Waals surface area contributed by atoms with Crippen LogP contribution in [0.25, 0.3) is 0 Å². The highest BCUT2D eigenvalue weighted by molar-refractivity contribution is 7.87. The average molecular weight is 298 g/mol. The van der Waals surface area contributed by atoms with Crippen molar-refractivity contribution < 1.29 is 17.4 Å². The maximum Gasteiger partial charge on any atom is 0.341 e. The van der Waals surface area contributed by atoms with Crippen LogP contribution < -0.4 is 11.1 Å². The standard InChI is InChI=1S/C13H18N2O4S/c14-12(9-15-8-10-6-7-10)13(16)19-20(17,18)11-4-2-1-3-5-11/h1-5,10,12,15H,6-9,14H2/t12-/m0/s1. The Morgan fingerprint density at radius 3 is 2.60 bits per heavy atom. The SMILES string of the molecule is N[C@@H](CNCC1CC1)C(=O)OS(=O)(=O)c1ccccc1. The summed E-state index contributed by atoms with van der Waals surface area (Å²) in [5.41, 5.74) is 5.61. The van der Waals surface area contributed by atoms with Gasteiger partial charge in [0, 0.05) is 6.54 Å². The van der Waals surface area contributed by atoms with Crippen LogP contribution in [0.15, 0.2) is 35.2 Å². The Balaban J connectivity index is 1.85. The summed E-state index contributed by atoms with van der Waals surface area (Å²) in [5, 5.41) is 3.03. The first kappa shape index (κ1) is 15.0. The van der Waals surface area contributed by atoms with Gasteiger partial charge in [0.2, 0.25) is 0 Å². The molecule has 0 unspecified atom stereocenters. The highest BCUT2D eigenvalue weighted by Gasteiger charge is 2.25. The van der Waals surface area contributed by atoms with Crippen molar-refractivity contribution in [3.8, 4) is 0 Å². The molecule has 6 nitrogen and oxygen atoms in total. The number of carbonyl (C=O) groups is 1. The van der Waals surface area contributed by atoms with E-state index < -0.39 is 22.1 Å². The Labute approximate surface area is 118 Å². The predicted octanol–water partition coefficient (Wildman–Crippen LogP) is 0.245. The number of benzene rings is 1. The van der Waals surface area contributed by atoms with Gasteiger partial charge < -0.3 is 15.2 Å². The second kappa shape index (κ2) is 6.34. The van der Waals surface area contributed by atoms with Crippen LogP contribution in [-0.4, -0.2) is 33.5 Å². The molecule has 0 aromatic heterocycles. The number of nitrogens with one attached hydrogen (secondary N) is 1. The van der Waals surface area contributed by atoms with Gasteiger partial charge in [-0.25, -0.2) is 4.79 Å². The molecule has 2 rings (SSSR count). The van der Waals surface area contributed by atoms with E-state index in [1.54, 1.807) is 18.2 Å². The lowest BCUT2D eigenvalue weighted by molar-refractivity contribution is -0.135. The van der Waals surface area contributed by atoms with E-state index in [2.05, 4.69) is 9.50 Å². The first-order valence-electron chi connectivity index (χ1n) is 6.49. The van der Waals surface area contributed by atoms with Crippen LogP contribution >= 0.6 is 0 Å². The molecule has 7 heteroatoms. The van der Waals surface area contributed by atoms with Crippen LogP contribution in [0.1, 0.15) is 12.8 Å². The molecule has 0 saturated heterocycles. The van der Waals surface area contributed by atoms with E-state index in [1.165, 1.54) is 25.0 Å². The van der Waals surface area contributed by atoms with Gasteiger partial charge in [0.25, 0.3) is 0 Å². The van der Waals surface area contributed by atoms with E-state index in [4.69, 9.17) is 5.73 Å². The second-order valence-corrected chi connectivity index (χ2v) is 6.42. The van der Waals surface area contributed by atoms with Crippen molar-refractivity contribution in [2.24, 2.45) is 11.7 Å². The number of hydrogen-bond donors (Lipinski definition) is 2. The molecule has 0 aliphatic heterocycles. The minimum absolute atomic E-state index is 0.0634. The normalized spacial score (nSPS) is 16.6. The molecule has 1 aromatic rings. The van der Waals surface area contributed by atoms with E-state index in [0.29, 0.717) is 5.92 Å². The lowest BCUT2D eigenvalue weighted by Crippen LogP contribution is -2.42. The van der Waals surface area contributed by atoms with Gasteiger partial charge in [-0.05, 0) is 37.4 Å². The lowest BCUT2D eigenvalue weighted by atomic mass is 10.3. The zero-order valence-electron chi connectivity index (χ0n) is 11.0. The number of rotatable bonds is 7. The fraction of sp³-hybridized carbons (Fsp3) is 0.462. The molecule has 0 heterocycles. The van der Waals surface area contributed by atoms with Crippen LogP contribution in [-0.2, 0) is 19.1 Å². The van der Waals surface area contributed by atoms with E-state index in [-0.39, 0.29) is 11.4 Å². The van der Waals surface area contributed by atoms with Crippen molar-refractivity contribution in [1.29, 1.82) is 0 Å². The van der Waals surface area contributed by atoms with Crippen molar-refractivity contribution in [1.82, 2.24) is 5.32 Å². The molecule has 20 heavy (non-hydrogen) atoms. The highest BCUT2D eigenvalue weighted by atomic mass is 32.2. The summed E-state index contributed by atoms with van der Waals surface area (Å²) in [5.74, 6) is -0.288. The lowest BCUT2D eigenvalue weighted by Gasteiger charge is -2.12. The Kier molecular flexibility index (Phi) is 4.74. The van der Waals surface area contributed by atoms with Crippen molar-refractivity contribution in [2.45, 2.75) is 23.8 Å². The largest absolute Gasteiger partial charge is 0.341 e. The maximum atomic E-state index is 11.8. The van der Waals surface area contributed by atoms with E-state index in [0.717, 1.165) is 6.54 Å². The Bertz CT molecular complexity index is 555. The third-order valence-corrected chi connectivity index (χ3v) is 4.25. The Morgan fingerprint density at radius 1 is 1.35 bits per heavy atom. The average Bonchev–Trinajstić information content (AvgIpc) is 3.23. The van der Waals surface area contributed by atoms with Crippen molar-refractivity contribution in [3.05, 3.63) is 30.3 Å². The zero-order chi connectivity index (χ0) is 14.6. The van der Waals surface area contributed by atoms with E-state index >= 15 is 0 Å². The van der Waals surface area contributed by atoms with Crippen LogP contribution in [0.5, 0.6) is 0 Å². The van der Waals surface area contributed by atoms with E-state index in [9.17, 15) is 13.2 Å². The molecule has 1 atom stereocenters. The summed E-state index contributed by atoms with van der Waals surface area (Å²) in [6.07, 6.45) is 2.38. The van der Waals surface area contributed by atoms with Crippen molar-refractivity contribution in [2.75, 3.05) is 13.1 Å². The summed E-state index contributed by atoms with van der Waals surface area (Å²) < 4.78 is 28.2. The maximum absolute atomic E-state index is 11.8. The minimum atomic E-state index is -4.09. The molecule has 0 radical (unpaired) electrons. The summed E-state index contributed by atoms with van der Waals surface area (Å²) in [7, 11) is -4.09. The summed E-state index contributed by atoms with van der Waals surface area (Å²) in [6.45, 7) is 1.01. The molecule has 3 N–H and O–H groups in total. The van der Waals surface area contributed by atoms with Gasteiger partial charge in [-0.2, -0.15) is 8.42 Å². The zero-order valence-corrected chi connectivity index (χ0v) is 11.8. The smallest absolute Gasteiger partial charge is 0.340 e. The molecule has 0 amide bonds. The molecule has 1 aliphatic rings. The highest BCUT2D eigenvalue weighted by Crippen LogP contribution is 2.27. The van der Waals surface area contributed by atoms with Gasteiger partial charge in [-0.1, -0.05) is 18.2 Å². The molecule has 1 aliphatic carbocycles. The topological polar surface area (TPSA) is 98.5 Å². The van der Waals surface area contributed by atoms with Gasteiger partial charge in [-0.3, -0.25) is 0 Å². The number of nitrogens with two attached hydrogens (primary N) is 1. The summed E-state index contributed by atoms with van der Waals surface area (Å²) >= 11 is 0. The molecular formula is C13H18N2O4S. The molecule has 110 valence electrons. The molecule has 1 aromatic carbocycles. The molecule has 1 fully saturated rings. The van der Waals surface area contributed by atoms with Crippen LogP contribution in [0.2, 0.25) is 0 Å². The van der Waals surface area contributed by atoms with Crippen LogP contribution in [0, 0.1) is 5.92 Å². The third-order valence-electron chi connectivity index (χ3n) is 3.02. The first-order valence-corrected chi connectivity index (χ1v) is 7.89. The second-order valence-electron chi connectivity index (χ2n) is 4.88. The van der Waals surface area contributed by atoms with Gasteiger partial charge in [0.05, 0.1) is 0 Å². The quantitative estimate of drug-likeness (QED) is 0.700. The van der Waals surface area contributed by atoms with Gasteiger partial charge in [0.15, 0.2) is 0 Å². The summed E-state index contributed by atoms with van der Waals surface area (Å²) in [6, 6.07) is 6.51. The first-order chi connectivity index (χ1) is 9.49. The van der Waals surface area contributed by atoms with Gasteiger partial charge >= 0.3 is 16.1 Å². The Hall–Kier alpha value is -1.44. The number of carbonyl (C=O) groups excluding carboxylic acids is 1. The van der Waals surface area contributed by atoms with Crippen LogP contribution in [0.4, 0.5) is 0 Å². The molecule has 0 spiro atoms. The van der Waals surface area contributed by atoms with Crippen molar-refractivity contribution in [3.63, 3.8) is 0 Å². The van der Waals surface area contributed by atoms with Crippen molar-refractivity contribution >= 4 is 16.1 Å². The predicted molar refractivity (Wildman–Crippen MR) is 73.3 cm³/mol. The molecular weight excluding hydrogens is 280 g/mol. The van der Waals surface area contributed by atoms with Gasteiger partial charge in [-0.15, -0.1) is 0 Å². The van der Waals surface area contributed by atoms with Crippen LogP contribution in [0.3, 0.4) is 0 Å².